The minimum atomic E-state index is -0.672. The van der Waals surface area contributed by atoms with Crippen molar-refractivity contribution in [2.75, 3.05) is 6.61 Å². The van der Waals surface area contributed by atoms with E-state index in [0.717, 1.165) is 51.4 Å². The molecule has 0 heterocycles. The molecule has 0 unspecified atom stereocenters. The van der Waals surface area contributed by atoms with Gasteiger partial charge in [-0.2, -0.15) is 0 Å². The molecule has 0 aromatic rings. The predicted octanol–water partition coefficient (Wildman–Crippen LogP) is 5.47. The van der Waals surface area contributed by atoms with Crippen LogP contribution in [0.3, 0.4) is 0 Å². The van der Waals surface area contributed by atoms with Crippen molar-refractivity contribution >= 4 is 0 Å². The summed E-state index contributed by atoms with van der Waals surface area (Å²) >= 11 is 0. The first-order valence-electron chi connectivity index (χ1n) is 14.4. The third-order valence-corrected chi connectivity index (χ3v) is 13.8. The highest BCUT2D eigenvalue weighted by Gasteiger charge is 2.67. The molecular formula is C31H52O4. The van der Waals surface area contributed by atoms with Crippen molar-refractivity contribution in [1.82, 2.24) is 0 Å². The first-order valence-corrected chi connectivity index (χ1v) is 14.4. The van der Waals surface area contributed by atoms with Gasteiger partial charge in [0.25, 0.3) is 0 Å². The summed E-state index contributed by atoms with van der Waals surface area (Å²) in [6, 6.07) is 0. The Morgan fingerprint density at radius 2 is 1.49 bits per heavy atom. The van der Waals surface area contributed by atoms with Gasteiger partial charge in [-0.15, -0.1) is 0 Å². The smallest absolute Gasteiger partial charge is 0.0853 e. The maximum absolute atomic E-state index is 11.0. The maximum atomic E-state index is 11.0. The topological polar surface area (TPSA) is 80.9 Å². The van der Waals surface area contributed by atoms with E-state index in [-0.39, 0.29) is 33.7 Å². The first kappa shape index (κ1) is 26.2. The van der Waals surface area contributed by atoms with Crippen LogP contribution in [0.15, 0.2) is 11.6 Å². The molecule has 0 aliphatic heterocycles. The quantitative estimate of drug-likeness (QED) is 0.369. The molecule has 0 saturated heterocycles. The largest absolute Gasteiger partial charge is 0.396 e. The zero-order valence-corrected chi connectivity index (χ0v) is 23.4. The highest BCUT2D eigenvalue weighted by molar-refractivity contribution is 5.30. The molecule has 4 N–H and O–H groups in total. The fraction of sp³-hybridized carbons (Fsp3) is 0.935. The third kappa shape index (κ3) is 3.18. The summed E-state index contributed by atoms with van der Waals surface area (Å²) in [5.74, 6) is 1.25. The van der Waals surface area contributed by atoms with Gasteiger partial charge in [-0.3, -0.25) is 0 Å². The predicted molar refractivity (Wildman–Crippen MR) is 140 cm³/mol. The van der Waals surface area contributed by atoms with Gasteiger partial charge in [0, 0.05) is 5.41 Å². The van der Waals surface area contributed by atoms with Crippen molar-refractivity contribution in [1.29, 1.82) is 0 Å². The van der Waals surface area contributed by atoms with Crippen LogP contribution in [0.1, 0.15) is 106 Å². The van der Waals surface area contributed by atoms with Crippen molar-refractivity contribution in [2.24, 2.45) is 50.2 Å². The van der Waals surface area contributed by atoms with Crippen LogP contribution in [0.2, 0.25) is 0 Å². The van der Waals surface area contributed by atoms with Gasteiger partial charge in [0.15, 0.2) is 0 Å². The number of hydrogen-bond acceptors (Lipinski definition) is 4. The molecule has 4 fully saturated rings. The van der Waals surface area contributed by atoms with E-state index < -0.39 is 23.7 Å². The second kappa shape index (κ2) is 7.80. The summed E-state index contributed by atoms with van der Waals surface area (Å²) in [5.41, 5.74) is 1.17. The van der Waals surface area contributed by atoms with E-state index in [1.807, 2.05) is 0 Å². The van der Waals surface area contributed by atoms with E-state index in [2.05, 4.69) is 54.5 Å². The molecule has 0 spiro atoms. The fourth-order valence-corrected chi connectivity index (χ4v) is 11.4. The van der Waals surface area contributed by atoms with Gasteiger partial charge in [-0.25, -0.2) is 0 Å². The zero-order chi connectivity index (χ0) is 25.8. The van der Waals surface area contributed by atoms with E-state index >= 15 is 0 Å². The minimum Gasteiger partial charge on any atom is -0.396 e. The summed E-state index contributed by atoms with van der Waals surface area (Å²) < 4.78 is 0. The molecule has 200 valence electrons. The van der Waals surface area contributed by atoms with Crippen LogP contribution in [0.4, 0.5) is 0 Å². The number of fused-ring (bicyclic) bond motifs is 6. The van der Waals surface area contributed by atoms with E-state index in [9.17, 15) is 20.4 Å². The highest BCUT2D eigenvalue weighted by atomic mass is 16.3. The van der Waals surface area contributed by atoms with Crippen LogP contribution in [0.25, 0.3) is 0 Å². The summed E-state index contributed by atoms with van der Waals surface area (Å²) in [7, 11) is 0. The minimum absolute atomic E-state index is 0.00890. The van der Waals surface area contributed by atoms with E-state index in [1.54, 1.807) is 5.57 Å². The number of hydrogen-bond donors (Lipinski definition) is 4. The molecule has 4 heteroatoms. The molecular weight excluding hydrogens is 436 g/mol. The maximum Gasteiger partial charge on any atom is 0.0853 e. The molecule has 4 nitrogen and oxygen atoms in total. The second-order valence-electron chi connectivity index (χ2n) is 15.5. The van der Waals surface area contributed by atoms with Gasteiger partial charge in [0.1, 0.15) is 0 Å². The SMILES string of the molecule is CC1(C)[C@H](O)[C@H](O)C[C@@]2(C)[C@H]1CC=C1C[C@]3(C)CC[C@@H]4[C@](C)(CC[C@@H](O)[C@]4(C)CO)[C@@H]3CC[C@@]12C. The molecule has 0 aromatic heterocycles. The monoisotopic (exact) mass is 488 g/mol. The van der Waals surface area contributed by atoms with Gasteiger partial charge in [-0.1, -0.05) is 60.1 Å². The Morgan fingerprint density at radius 3 is 2.14 bits per heavy atom. The highest BCUT2D eigenvalue weighted by Crippen LogP contribution is 2.73. The first-order chi connectivity index (χ1) is 16.1. The number of allylic oxidation sites excluding steroid dienone is 2. The summed E-state index contributed by atoms with van der Waals surface area (Å²) in [4.78, 5) is 0. The summed E-state index contributed by atoms with van der Waals surface area (Å²) in [6.07, 6.45) is 9.92. The average Bonchev–Trinajstić information content (AvgIpc) is 2.90. The van der Waals surface area contributed by atoms with E-state index in [1.165, 1.54) is 0 Å². The molecule has 0 aromatic carbocycles. The zero-order valence-electron chi connectivity index (χ0n) is 23.4. The van der Waals surface area contributed by atoms with Gasteiger partial charge in [0.2, 0.25) is 0 Å². The fourth-order valence-electron chi connectivity index (χ4n) is 11.4. The molecule has 0 amide bonds. The van der Waals surface area contributed by atoms with Gasteiger partial charge in [0.05, 0.1) is 24.9 Å². The second-order valence-corrected chi connectivity index (χ2v) is 15.5. The molecule has 11 atom stereocenters. The lowest BCUT2D eigenvalue weighted by atomic mass is 9.41. The van der Waals surface area contributed by atoms with Crippen molar-refractivity contribution < 1.29 is 20.4 Å². The normalized spacial score (nSPS) is 57.6. The van der Waals surface area contributed by atoms with Gasteiger partial charge in [-0.05, 0) is 103 Å². The van der Waals surface area contributed by atoms with Crippen LogP contribution >= 0.6 is 0 Å². The van der Waals surface area contributed by atoms with Gasteiger partial charge >= 0.3 is 0 Å². The van der Waals surface area contributed by atoms with Crippen molar-refractivity contribution in [3.8, 4) is 0 Å². The lowest BCUT2D eigenvalue weighted by molar-refractivity contribution is -0.194. The molecule has 4 saturated carbocycles. The van der Waals surface area contributed by atoms with E-state index in [0.29, 0.717) is 24.2 Å². The number of aliphatic hydroxyl groups is 4. The molecule has 0 bridgehead atoms. The van der Waals surface area contributed by atoms with Crippen molar-refractivity contribution in [3.05, 3.63) is 11.6 Å². The number of aliphatic hydroxyl groups excluding tert-OH is 4. The standard InChI is InChI=1S/C31H52O4/c1-26(2)21-9-8-19-16-27(3)13-10-23-28(4,14-12-24(34)29(23,5)18-32)22(27)11-15-30(19,6)31(21,7)17-20(33)25(26)35/h8,20-25,32-35H,9-18H2,1-7H3/t20-,21+,22-,23-,24-,25-,27+,28-,29-,30+,31+/m1/s1. The lowest BCUT2D eigenvalue weighted by Gasteiger charge is -2.64. The van der Waals surface area contributed by atoms with Crippen molar-refractivity contribution in [3.63, 3.8) is 0 Å². The third-order valence-electron chi connectivity index (χ3n) is 13.8. The van der Waals surface area contributed by atoms with E-state index in [4.69, 9.17) is 0 Å². The number of rotatable bonds is 1. The molecule has 0 radical (unpaired) electrons. The lowest BCUT2D eigenvalue weighted by Crippen LogP contribution is -2.62. The summed E-state index contributed by atoms with van der Waals surface area (Å²) in [6.45, 7) is 16.4. The van der Waals surface area contributed by atoms with Crippen molar-refractivity contribution in [2.45, 2.75) is 125 Å². The molecule has 5 aliphatic carbocycles. The van der Waals surface area contributed by atoms with Crippen LogP contribution in [-0.4, -0.2) is 45.3 Å². The summed E-state index contributed by atoms with van der Waals surface area (Å²) in [5, 5.41) is 43.4. The Hall–Kier alpha value is -0.420. The average molecular weight is 489 g/mol. The molecule has 35 heavy (non-hydrogen) atoms. The van der Waals surface area contributed by atoms with Crippen LogP contribution in [0.5, 0.6) is 0 Å². The Bertz CT molecular complexity index is 896. The Kier molecular flexibility index (Phi) is 5.84. The van der Waals surface area contributed by atoms with Gasteiger partial charge < -0.3 is 20.4 Å². The van der Waals surface area contributed by atoms with Crippen LogP contribution in [0, 0.1) is 50.2 Å². The molecule has 5 rings (SSSR count). The molecule has 5 aliphatic rings. The Labute approximate surface area is 213 Å². The van der Waals surface area contributed by atoms with Crippen LogP contribution < -0.4 is 0 Å². The Balaban J connectivity index is 1.56. The Morgan fingerprint density at radius 1 is 0.829 bits per heavy atom. The van der Waals surface area contributed by atoms with Crippen LogP contribution in [-0.2, 0) is 0 Å².